The van der Waals surface area contributed by atoms with E-state index in [9.17, 15) is 4.79 Å². The van der Waals surface area contributed by atoms with Crippen LogP contribution in [0.15, 0.2) is 42.5 Å². The minimum atomic E-state index is -0.107. The summed E-state index contributed by atoms with van der Waals surface area (Å²) in [6.45, 7) is 1.97. The molecule has 2 rings (SSSR count). The lowest BCUT2D eigenvalue weighted by atomic mass is 10.1. The number of halogens is 1. The average Bonchev–Trinajstić information content (AvgIpc) is 2.59. The highest BCUT2D eigenvalue weighted by Crippen LogP contribution is 2.26. The van der Waals surface area contributed by atoms with E-state index in [4.69, 9.17) is 21.1 Å². The van der Waals surface area contributed by atoms with Crippen molar-refractivity contribution in [1.82, 2.24) is 4.90 Å². The number of carbonyl (C=O) groups is 1. The van der Waals surface area contributed by atoms with Crippen molar-refractivity contribution in [2.24, 2.45) is 0 Å². The Balaban J connectivity index is 2.26. The van der Waals surface area contributed by atoms with Crippen molar-refractivity contribution in [2.45, 2.75) is 13.0 Å². The Kier molecular flexibility index (Phi) is 5.50. The van der Waals surface area contributed by atoms with Crippen LogP contribution in [0.1, 0.15) is 28.9 Å². The second-order valence-electron chi connectivity index (χ2n) is 5.24. The van der Waals surface area contributed by atoms with Gasteiger partial charge in [-0.05, 0) is 36.8 Å². The van der Waals surface area contributed by atoms with Gasteiger partial charge >= 0.3 is 0 Å². The van der Waals surface area contributed by atoms with Gasteiger partial charge in [-0.1, -0.05) is 23.7 Å². The Hall–Kier alpha value is -2.20. The molecule has 0 aliphatic rings. The highest BCUT2D eigenvalue weighted by atomic mass is 35.5. The van der Waals surface area contributed by atoms with Crippen LogP contribution in [0.4, 0.5) is 0 Å². The summed E-state index contributed by atoms with van der Waals surface area (Å²) in [5.74, 6) is 1.06. The van der Waals surface area contributed by atoms with Crippen LogP contribution in [0.2, 0.25) is 5.02 Å². The number of benzene rings is 2. The van der Waals surface area contributed by atoms with Gasteiger partial charge in [0.15, 0.2) is 0 Å². The van der Waals surface area contributed by atoms with E-state index < -0.39 is 0 Å². The number of rotatable bonds is 5. The molecule has 2 aromatic carbocycles. The van der Waals surface area contributed by atoms with Crippen LogP contribution in [0, 0.1) is 0 Å². The maximum absolute atomic E-state index is 12.8. The van der Waals surface area contributed by atoms with E-state index in [1.54, 1.807) is 44.4 Å². The van der Waals surface area contributed by atoms with Crippen molar-refractivity contribution in [3.05, 3.63) is 58.6 Å². The predicted octanol–water partition coefficient (Wildman–Crippen LogP) is 4.19. The van der Waals surface area contributed by atoms with E-state index in [1.165, 1.54) is 0 Å². The van der Waals surface area contributed by atoms with Gasteiger partial charge in [-0.3, -0.25) is 4.79 Å². The lowest BCUT2D eigenvalue weighted by molar-refractivity contribution is 0.0742. The Labute approximate surface area is 141 Å². The maximum atomic E-state index is 12.8. The highest BCUT2D eigenvalue weighted by Gasteiger charge is 2.20. The molecular weight excluding hydrogens is 314 g/mol. The predicted molar refractivity (Wildman–Crippen MR) is 91.5 cm³/mol. The van der Waals surface area contributed by atoms with Crippen molar-refractivity contribution < 1.29 is 14.3 Å². The quantitative estimate of drug-likeness (QED) is 0.823. The van der Waals surface area contributed by atoms with Crippen molar-refractivity contribution in [3.8, 4) is 11.5 Å². The number of carbonyl (C=O) groups excluding carboxylic acids is 1. The molecule has 0 saturated carbocycles. The van der Waals surface area contributed by atoms with Crippen molar-refractivity contribution in [1.29, 1.82) is 0 Å². The summed E-state index contributed by atoms with van der Waals surface area (Å²) in [5.41, 5.74) is 1.53. The number of nitrogens with zero attached hydrogens (tertiary/aromatic N) is 1. The molecule has 0 aliphatic heterocycles. The molecule has 1 amide bonds. The monoisotopic (exact) mass is 333 g/mol. The number of amides is 1. The Bertz CT molecular complexity index is 663. The normalized spacial score (nSPS) is 11.7. The van der Waals surface area contributed by atoms with Gasteiger partial charge in [0.1, 0.15) is 11.5 Å². The van der Waals surface area contributed by atoms with Crippen LogP contribution in [0.3, 0.4) is 0 Å². The van der Waals surface area contributed by atoms with Gasteiger partial charge < -0.3 is 14.4 Å². The van der Waals surface area contributed by atoms with E-state index in [0.29, 0.717) is 22.1 Å². The van der Waals surface area contributed by atoms with Crippen LogP contribution in [-0.2, 0) is 0 Å². The summed E-state index contributed by atoms with van der Waals surface area (Å²) in [5, 5.41) is 0.674. The van der Waals surface area contributed by atoms with Gasteiger partial charge in [-0.2, -0.15) is 0 Å². The van der Waals surface area contributed by atoms with Gasteiger partial charge in [-0.25, -0.2) is 0 Å². The van der Waals surface area contributed by atoms with Crippen molar-refractivity contribution >= 4 is 17.5 Å². The lowest BCUT2D eigenvalue weighted by Crippen LogP contribution is -2.29. The zero-order valence-electron chi connectivity index (χ0n) is 13.7. The molecular formula is C18H20ClNO3. The number of hydrogen-bond donors (Lipinski definition) is 0. The van der Waals surface area contributed by atoms with Crippen molar-refractivity contribution in [2.75, 3.05) is 21.3 Å². The molecule has 0 radical (unpaired) electrons. The third-order valence-corrected chi connectivity index (χ3v) is 4.10. The smallest absolute Gasteiger partial charge is 0.254 e. The zero-order valence-corrected chi connectivity index (χ0v) is 14.4. The zero-order chi connectivity index (χ0) is 17.0. The van der Waals surface area contributed by atoms with Crippen molar-refractivity contribution in [3.63, 3.8) is 0 Å². The van der Waals surface area contributed by atoms with Gasteiger partial charge in [0.2, 0.25) is 0 Å². The van der Waals surface area contributed by atoms with Gasteiger partial charge in [0.25, 0.3) is 5.91 Å². The van der Waals surface area contributed by atoms with E-state index in [1.807, 2.05) is 31.2 Å². The summed E-state index contributed by atoms with van der Waals surface area (Å²) < 4.78 is 10.4. The van der Waals surface area contributed by atoms with Crippen LogP contribution in [0.5, 0.6) is 11.5 Å². The molecule has 0 saturated heterocycles. The van der Waals surface area contributed by atoms with Gasteiger partial charge in [0.05, 0.1) is 20.3 Å². The van der Waals surface area contributed by atoms with Gasteiger partial charge in [-0.15, -0.1) is 0 Å². The summed E-state index contributed by atoms with van der Waals surface area (Å²) in [6.07, 6.45) is 0. The SMILES string of the molecule is COc1cc(OC)cc(C(=O)N(C)C(C)c2ccc(Cl)cc2)c1. The van der Waals surface area contributed by atoms with E-state index in [2.05, 4.69) is 0 Å². The molecule has 4 nitrogen and oxygen atoms in total. The molecule has 0 aliphatic carbocycles. The fourth-order valence-corrected chi connectivity index (χ4v) is 2.40. The first-order valence-corrected chi connectivity index (χ1v) is 7.59. The molecule has 2 aromatic rings. The second kappa shape index (κ2) is 7.38. The first-order chi connectivity index (χ1) is 11.0. The lowest BCUT2D eigenvalue weighted by Gasteiger charge is -2.26. The van der Waals surface area contributed by atoms with Crippen LogP contribution in [0.25, 0.3) is 0 Å². The molecule has 1 unspecified atom stereocenters. The summed E-state index contributed by atoms with van der Waals surface area (Å²) in [7, 11) is 4.89. The van der Waals surface area contributed by atoms with Gasteiger partial charge in [0, 0.05) is 23.7 Å². The topological polar surface area (TPSA) is 38.8 Å². The first-order valence-electron chi connectivity index (χ1n) is 7.22. The Morgan fingerprint density at radius 3 is 2.04 bits per heavy atom. The van der Waals surface area contributed by atoms with Crippen LogP contribution >= 0.6 is 11.6 Å². The molecule has 0 N–H and O–H groups in total. The largest absolute Gasteiger partial charge is 0.497 e. The number of ether oxygens (including phenoxy) is 2. The summed E-state index contributed by atoms with van der Waals surface area (Å²) >= 11 is 5.91. The maximum Gasteiger partial charge on any atom is 0.254 e. The minimum Gasteiger partial charge on any atom is -0.497 e. The molecule has 23 heavy (non-hydrogen) atoms. The molecule has 0 spiro atoms. The van der Waals surface area contributed by atoms with E-state index >= 15 is 0 Å². The molecule has 0 bridgehead atoms. The second-order valence-corrected chi connectivity index (χ2v) is 5.68. The molecule has 0 fully saturated rings. The van der Waals surface area contributed by atoms with Crippen LogP contribution < -0.4 is 9.47 Å². The van der Waals surface area contributed by atoms with E-state index in [0.717, 1.165) is 5.56 Å². The number of methoxy groups -OCH3 is 2. The highest BCUT2D eigenvalue weighted by molar-refractivity contribution is 6.30. The number of hydrogen-bond acceptors (Lipinski definition) is 3. The fourth-order valence-electron chi connectivity index (χ4n) is 2.28. The fraction of sp³-hybridized carbons (Fsp3) is 0.278. The molecule has 1 atom stereocenters. The third kappa shape index (κ3) is 3.96. The summed E-state index contributed by atoms with van der Waals surface area (Å²) in [4.78, 5) is 14.4. The molecule has 122 valence electrons. The van der Waals surface area contributed by atoms with E-state index in [-0.39, 0.29) is 11.9 Å². The first kappa shape index (κ1) is 17.2. The molecule has 5 heteroatoms. The third-order valence-electron chi connectivity index (χ3n) is 3.85. The summed E-state index contributed by atoms with van der Waals surface area (Å²) in [6, 6.07) is 12.5. The Morgan fingerprint density at radius 2 is 1.57 bits per heavy atom. The average molecular weight is 334 g/mol. The minimum absolute atomic E-state index is 0.0861. The Morgan fingerprint density at radius 1 is 1.04 bits per heavy atom. The standard InChI is InChI=1S/C18H20ClNO3/c1-12(13-5-7-15(19)8-6-13)20(2)18(21)14-9-16(22-3)11-17(10-14)23-4/h5-12H,1-4H3. The molecule has 0 aromatic heterocycles. The molecule has 0 heterocycles. The van der Waals surface area contributed by atoms with Crippen LogP contribution in [-0.4, -0.2) is 32.1 Å².